The highest BCUT2D eigenvalue weighted by Gasteiger charge is 2.69. The molecule has 2 aliphatic carbocycles. The van der Waals surface area contributed by atoms with Gasteiger partial charge in [-0.25, -0.2) is 0 Å². The molecule has 0 spiro atoms. The highest BCUT2D eigenvalue weighted by Crippen LogP contribution is 2.69. The highest BCUT2D eigenvalue weighted by atomic mass is 15.3. The topological polar surface area (TPSA) is 3.24 Å². The van der Waals surface area contributed by atoms with Gasteiger partial charge in [0.1, 0.15) is 0 Å². The second-order valence-electron chi connectivity index (χ2n) is 6.43. The first kappa shape index (κ1) is 11.0. The summed E-state index contributed by atoms with van der Waals surface area (Å²) in [7, 11) is 0. The zero-order valence-corrected chi connectivity index (χ0v) is 11.1. The van der Waals surface area contributed by atoms with Gasteiger partial charge in [0.2, 0.25) is 0 Å². The van der Waals surface area contributed by atoms with Gasteiger partial charge in [-0.3, -0.25) is 4.90 Å². The van der Waals surface area contributed by atoms with E-state index in [1.54, 1.807) is 5.56 Å². The van der Waals surface area contributed by atoms with Gasteiger partial charge in [0.15, 0.2) is 0 Å². The number of hydrogen-bond acceptors (Lipinski definition) is 1. The standard InChI is InChI=1S/C17H23N/c1-3-8-14(9-4-1)16-15-10-7-11-17(15,16)18-12-5-2-6-13-18/h1,3-4,8-9,15-16H,2,5-7,10-13H2/t15-,16-,17+/m0/s1. The van der Waals surface area contributed by atoms with Crippen LogP contribution in [0.25, 0.3) is 0 Å². The number of likely N-dealkylation sites (tertiary alicyclic amines) is 1. The largest absolute Gasteiger partial charge is 0.297 e. The fourth-order valence-corrected chi connectivity index (χ4v) is 4.95. The number of benzene rings is 1. The van der Waals surface area contributed by atoms with Crippen LogP contribution in [0.2, 0.25) is 0 Å². The Balaban J connectivity index is 1.63. The fourth-order valence-electron chi connectivity index (χ4n) is 4.95. The monoisotopic (exact) mass is 241 g/mol. The van der Waals surface area contributed by atoms with Crippen LogP contribution in [0.5, 0.6) is 0 Å². The van der Waals surface area contributed by atoms with E-state index >= 15 is 0 Å². The molecule has 0 bridgehead atoms. The van der Waals surface area contributed by atoms with Crippen LogP contribution in [0.1, 0.15) is 50.0 Å². The Kier molecular flexibility index (Phi) is 2.51. The van der Waals surface area contributed by atoms with E-state index in [9.17, 15) is 0 Å². The number of fused-ring (bicyclic) bond motifs is 1. The summed E-state index contributed by atoms with van der Waals surface area (Å²) in [6.07, 6.45) is 8.69. The molecule has 1 heterocycles. The maximum absolute atomic E-state index is 2.87. The minimum atomic E-state index is 0.585. The number of piperidine rings is 1. The zero-order chi connectivity index (χ0) is 12.0. The molecule has 1 nitrogen and oxygen atoms in total. The van der Waals surface area contributed by atoms with E-state index in [-0.39, 0.29) is 0 Å². The van der Waals surface area contributed by atoms with Crippen molar-refractivity contribution in [2.24, 2.45) is 5.92 Å². The minimum absolute atomic E-state index is 0.585. The summed E-state index contributed by atoms with van der Waals surface area (Å²) < 4.78 is 0. The first-order chi connectivity index (χ1) is 8.93. The molecular weight excluding hydrogens is 218 g/mol. The second-order valence-corrected chi connectivity index (χ2v) is 6.43. The highest BCUT2D eigenvalue weighted by molar-refractivity contribution is 5.39. The predicted octanol–water partition coefficient (Wildman–Crippen LogP) is 3.81. The lowest BCUT2D eigenvalue weighted by atomic mass is 9.98. The van der Waals surface area contributed by atoms with E-state index < -0.39 is 0 Å². The number of nitrogens with zero attached hydrogens (tertiary/aromatic N) is 1. The van der Waals surface area contributed by atoms with Crippen LogP contribution >= 0.6 is 0 Å². The normalized spacial score (nSPS) is 39.6. The van der Waals surface area contributed by atoms with E-state index in [2.05, 4.69) is 35.2 Å². The second kappa shape index (κ2) is 4.09. The SMILES string of the molecule is c1ccc([C@H]2[C@@H]3CCC[C@@]32N2CCCCC2)cc1. The van der Waals surface area contributed by atoms with Crippen molar-refractivity contribution in [3.63, 3.8) is 0 Å². The van der Waals surface area contributed by atoms with Gasteiger partial charge in [0.05, 0.1) is 0 Å². The van der Waals surface area contributed by atoms with Crippen LogP contribution < -0.4 is 0 Å². The summed E-state index contributed by atoms with van der Waals surface area (Å²) in [6, 6.07) is 11.3. The molecule has 2 saturated carbocycles. The molecular formula is C17H23N. The predicted molar refractivity (Wildman–Crippen MR) is 74.7 cm³/mol. The Bertz CT molecular complexity index is 420. The third-order valence-electron chi connectivity index (χ3n) is 5.67. The van der Waals surface area contributed by atoms with Crippen molar-refractivity contribution in [2.45, 2.75) is 50.0 Å². The molecule has 1 saturated heterocycles. The molecule has 0 amide bonds. The van der Waals surface area contributed by atoms with Crippen LogP contribution in [0.3, 0.4) is 0 Å². The van der Waals surface area contributed by atoms with Crippen molar-refractivity contribution in [2.75, 3.05) is 13.1 Å². The van der Waals surface area contributed by atoms with Crippen molar-refractivity contribution in [3.05, 3.63) is 35.9 Å². The summed E-state index contributed by atoms with van der Waals surface area (Å²) in [5.74, 6) is 1.82. The Morgan fingerprint density at radius 3 is 2.50 bits per heavy atom. The van der Waals surface area contributed by atoms with Crippen LogP contribution in [-0.2, 0) is 0 Å². The van der Waals surface area contributed by atoms with Gasteiger partial charge < -0.3 is 0 Å². The maximum Gasteiger partial charge on any atom is 0.0316 e. The van der Waals surface area contributed by atoms with Gasteiger partial charge >= 0.3 is 0 Å². The molecule has 3 fully saturated rings. The van der Waals surface area contributed by atoms with Crippen LogP contribution in [0.15, 0.2) is 30.3 Å². The zero-order valence-electron chi connectivity index (χ0n) is 11.1. The average Bonchev–Trinajstić information content (AvgIpc) is 2.90. The molecule has 1 aromatic rings. The Labute approximate surface area is 110 Å². The van der Waals surface area contributed by atoms with Crippen molar-refractivity contribution in [1.82, 2.24) is 4.90 Å². The molecule has 3 aliphatic rings. The molecule has 4 rings (SSSR count). The molecule has 18 heavy (non-hydrogen) atoms. The van der Waals surface area contributed by atoms with Crippen LogP contribution in [-0.4, -0.2) is 23.5 Å². The summed E-state index contributed by atoms with van der Waals surface area (Å²) in [5, 5.41) is 0. The molecule has 0 unspecified atom stereocenters. The van der Waals surface area contributed by atoms with E-state index in [1.807, 2.05) is 0 Å². The third-order valence-corrected chi connectivity index (χ3v) is 5.67. The summed E-state index contributed by atoms with van der Waals surface area (Å²) in [4.78, 5) is 2.87. The van der Waals surface area contributed by atoms with E-state index in [1.165, 1.54) is 51.6 Å². The number of hydrogen-bond donors (Lipinski definition) is 0. The molecule has 0 aromatic heterocycles. The van der Waals surface area contributed by atoms with Gasteiger partial charge in [0.25, 0.3) is 0 Å². The molecule has 1 aliphatic heterocycles. The van der Waals surface area contributed by atoms with Crippen molar-refractivity contribution < 1.29 is 0 Å². The Hall–Kier alpha value is -0.820. The minimum Gasteiger partial charge on any atom is -0.297 e. The van der Waals surface area contributed by atoms with Crippen molar-refractivity contribution in [3.8, 4) is 0 Å². The summed E-state index contributed by atoms with van der Waals surface area (Å²) >= 11 is 0. The van der Waals surface area contributed by atoms with Crippen LogP contribution in [0.4, 0.5) is 0 Å². The van der Waals surface area contributed by atoms with Crippen molar-refractivity contribution in [1.29, 1.82) is 0 Å². The number of rotatable bonds is 2. The summed E-state index contributed by atoms with van der Waals surface area (Å²) in [5.41, 5.74) is 2.19. The Morgan fingerprint density at radius 1 is 0.944 bits per heavy atom. The van der Waals surface area contributed by atoms with Gasteiger partial charge in [-0.1, -0.05) is 43.2 Å². The molecule has 1 heteroatoms. The van der Waals surface area contributed by atoms with E-state index in [4.69, 9.17) is 0 Å². The molecule has 1 aromatic carbocycles. The van der Waals surface area contributed by atoms with Gasteiger partial charge in [-0.15, -0.1) is 0 Å². The van der Waals surface area contributed by atoms with Crippen LogP contribution in [0, 0.1) is 5.92 Å². The van der Waals surface area contributed by atoms with Crippen molar-refractivity contribution >= 4 is 0 Å². The first-order valence-corrected chi connectivity index (χ1v) is 7.73. The Morgan fingerprint density at radius 2 is 1.72 bits per heavy atom. The molecule has 0 radical (unpaired) electrons. The molecule has 3 atom stereocenters. The quantitative estimate of drug-likeness (QED) is 0.761. The van der Waals surface area contributed by atoms with E-state index in [0.717, 1.165) is 11.8 Å². The van der Waals surface area contributed by atoms with Gasteiger partial charge in [-0.05, 0) is 50.3 Å². The molecule has 96 valence electrons. The van der Waals surface area contributed by atoms with E-state index in [0.29, 0.717) is 5.54 Å². The van der Waals surface area contributed by atoms with Gasteiger partial charge in [-0.2, -0.15) is 0 Å². The van der Waals surface area contributed by atoms with Gasteiger partial charge in [0, 0.05) is 11.5 Å². The fraction of sp³-hybridized carbons (Fsp3) is 0.647. The lowest BCUT2D eigenvalue weighted by molar-refractivity contribution is 0.135. The third kappa shape index (κ3) is 1.43. The molecule has 0 N–H and O–H groups in total. The lowest BCUT2D eigenvalue weighted by Gasteiger charge is -2.35. The average molecular weight is 241 g/mol. The smallest absolute Gasteiger partial charge is 0.0316 e. The maximum atomic E-state index is 2.87. The lowest BCUT2D eigenvalue weighted by Crippen LogP contribution is -2.42. The summed E-state index contributed by atoms with van der Waals surface area (Å²) in [6.45, 7) is 2.72. The first-order valence-electron chi connectivity index (χ1n) is 7.73.